The summed E-state index contributed by atoms with van der Waals surface area (Å²) in [5.41, 5.74) is 14.2. The van der Waals surface area contributed by atoms with E-state index < -0.39 is 11.6 Å². The van der Waals surface area contributed by atoms with Crippen molar-refractivity contribution in [1.29, 1.82) is 0 Å². The van der Waals surface area contributed by atoms with Crippen molar-refractivity contribution < 1.29 is 8.78 Å². The Hall–Kier alpha value is -2.32. The Morgan fingerprint density at radius 2 is 1.92 bits per heavy atom. The number of H-pyrrole nitrogens is 1. The molecule has 2 heterocycles. The Kier molecular flexibility index (Phi) is 5.33. The second-order valence-electron chi connectivity index (χ2n) is 6.11. The zero-order chi connectivity index (χ0) is 18.8. The molecule has 1 fully saturated rings. The van der Waals surface area contributed by atoms with Crippen LogP contribution in [0.3, 0.4) is 0 Å². The first-order valence-corrected chi connectivity index (χ1v) is 9.24. The van der Waals surface area contributed by atoms with Gasteiger partial charge in [-0.1, -0.05) is 12.2 Å². The van der Waals surface area contributed by atoms with Gasteiger partial charge in [-0.15, -0.1) is 11.3 Å². The van der Waals surface area contributed by atoms with E-state index in [4.69, 9.17) is 23.7 Å². The minimum Gasteiger partial charge on any atom is -0.398 e. The Labute approximate surface area is 158 Å². The van der Waals surface area contributed by atoms with E-state index >= 15 is 0 Å². The first-order valence-electron chi connectivity index (χ1n) is 8.01. The van der Waals surface area contributed by atoms with E-state index in [2.05, 4.69) is 9.97 Å². The molecular formula is C18H18F2N4S2. The minimum absolute atomic E-state index is 0.478. The Morgan fingerprint density at radius 3 is 2.50 bits per heavy atom. The highest BCUT2D eigenvalue weighted by Crippen LogP contribution is 2.47. The van der Waals surface area contributed by atoms with E-state index in [9.17, 15) is 8.78 Å². The molecule has 0 bridgehead atoms. The van der Waals surface area contributed by atoms with Crippen LogP contribution in [0.1, 0.15) is 29.2 Å². The number of anilines is 2. The van der Waals surface area contributed by atoms with Crippen molar-refractivity contribution in [3.8, 4) is 11.3 Å². The van der Waals surface area contributed by atoms with Gasteiger partial charge in [-0.3, -0.25) is 0 Å². The molecule has 5 N–H and O–H groups in total. The largest absolute Gasteiger partial charge is 0.398 e. The van der Waals surface area contributed by atoms with Crippen LogP contribution in [-0.4, -0.2) is 9.97 Å². The summed E-state index contributed by atoms with van der Waals surface area (Å²) < 4.78 is 26.8. The average Bonchev–Trinajstić information content (AvgIpc) is 3.37. The lowest BCUT2D eigenvalue weighted by Gasteiger charge is -2.01. The van der Waals surface area contributed by atoms with Gasteiger partial charge in [0, 0.05) is 22.3 Å². The zero-order valence-electron chi connectivity index (χ0n) is 14.1. The number of thiazole rings is 1. The van der Waals surface area contributed by atoms with Gasteiger partial charge in [-0.25, -0.2) is 13.8 Å². The highest BCUT2D eigenvalue weighted by Gasteiger charge is 2.29. The van der Waals surface area contributed by atoms with Crippen LogP contribution in [0, 0.1) is 23.2 Å². The third-order valence-electron chi connectivity index (χ3n) is 3.92. The highest BCUT2D eigenvalue weighted by molar-refractivity contribution is 7.71. The highest BCUT2D eigenvalue weighted by atomic mass is 32.1. The predicted octanol–water partition coefficient (Wildman–Crippen LogP) is 5.18. The van der Waals surface area contributed by atoms with Crippen molar-refractivity contribution in [2.24, 2.45) is 0 Å². The fourth-order valence-corrected chi connectivity index (χ4v) is 3.58. The number of nitrogens with two attached hydrogens (primary N) is 2. The second kappa shape index (κ2) is 7.51. The quantitative estimate of drug-likeness (QED) is 0.525. The molecule has 1 aromatic carbocycles. The Bertz CT molecular complexity index is 993. The van der Waals surface area contributed by atoms with E-state index in [1.165, 1.54) is 17.4 Å². The monoisotopic (exact) mass is 392 g/mol. The Morgan fingerprint density at radius 1 is 1.19 bits per heavy atom. The maximum atomic E-state index is 13.2. The van der Waals surface area contributed by atoms with E-state index in [1.54, 1.807) is 12.3 Å². The molecule has 0 unspecified atom stereocenters. The summed E-state index contributed by atoms with van der Waals surface area (Å²) in [5, 5.41) is 0.478. The van der Waals surface area contributed by atoms with E-state index in [0.717, 1.165) is 39.7 Å². The number of benzene rings is 1. The fraction of sp³-hybridized carbons (Fsp3) is 0.222. The fourth-order valence-electron chi connectivity index (χ4n) is 2.44. The van der Waals surface area contributed by atoms with Gasteiger partial charge in [0.1, 0.15) is 4.64 Å². The number of rotatable bonds is 2. The number of halogens is 2. The molecule has 4 rings (SSSR count). The third-order valence-corrected chi connectivity index (χ3v) is 5.41. The second-order valence-corrected chi connectivity index (χ2v) is 7.58. The number of hydrogen-bond donors (Lipinski definition) is 3. The first-order chi connectivity index (χ1) is 12.3. The maximum Gasteiger partial charge on any atom is 0.180 e. The normalized spacial score (nSPS) is 13.2. The summed E-state index contributed by atoms with van der Waals surface area (Å²) in [6.45, 7) is 1.93. The lowest BCUT2D eigenvalue weighted by molar-refractivity contribution is 0.509. The maximum absolute atomic E-state index is 13.2. The molecule has 1 aliphatic rings. The van der Waals surface area contributed by atoms with Crippen molar-refractivity contribution in [3.05, 3.63) is 57.2 Å². The molecule has 0 spiro atoms. The molecule has 1 saturated carbocycles. The lowest BCUT2D eigenvalue weighted by atomic mass is 10.1. The number of nitrogens with zero attached hydrogens (tertiary/aromatic N) is 1. The summed E-state index contributed by atoms with van der Waals surface area (Å²) in [5.74, 6) is -1.20. The number of aromatic nitrogens is 2. The van der Waals surface area contributed by atoms with Crippen LogP contribution in [0.15, 0.2) is 30.5 Å². The molecule has 0 aliphatic heterocycles. The van der Waals surface area contributed by atoms with Gasteiger partial charge in [0.15, 0.2) is 16.8 Å². The van der Waals surface area contributed by atoms with Gasteiger partial charge in [0.25, 0.3) is 0 Å². The molecule has 3 aromatic rings. The van der Waals surface area contributed by atoms with Crippen LogP contribution >= 0.6 is 23.6 Å². The topological polar surface area (TPSA) is 80.7 Å². The number of pyridine rings is 1. The van der Waals surface area contributed by atoms with E-state index in [1.807, 2.05) is 13.0 Å². The molecule has 0 atom stereocenters. The molecule has 26 heavy (non-hydrogen) atoms. The standard InChI is InChI=1S/C12H10F2N2S.C6H8N2S/c13-8-4-3-7(5-9(8)14)10-11(6-1-2-6)17-12(15)16-10;1-4-2-5(7)3-8-6(4)9/h3-6H,1-2H2,(H2,15,16);2-3H,7H2,1H3,(H,8,9). The van der Waals surface area contributed by atoms with Crippen LogP contribution in [0.2, 0.25) is 0 Å². The molecule has 0 radical (unpaired) electrons. The van der Waals surface area contributed by atoms with E-state index in [-0.39, 0.29) is 0 Å². The van der Waals surface area contributed by atoms with E-state index in [0.29, 0.717) is 22.3 Å². The van der Waals surface area contributed by atoms with Gasteiger partial charge in [0.05, 0.1) is 5.69 Å². The number of hydrogen-bond acceptors (Lipinski definition) is 5. The van der Waals surface area contributed by atoms with Crippen LogP contribution in [0.25, 0.3) is 11.3 Å². The molecule has 1 aliphatic carbocycles. The zero-order valence-corrected chi connectivity index (χ0v) is 15.7. The smallest absolute Gasteiger partial charge is 0.180 e. The molecule has 8 heteroatoms. The van der Waals surface area contributed by atoms with Gasteiger partial charge >= 0.3 is 0 Å². The summed E-state index contributed by atoms with van der Waals surface area (Å²) in [7, 11) is 0. The van der Waals surface area contributed by atoms with Gasteiger partial charge in [-0.2, -0.15) is 0 Å². The molecule has 4 nitrogen and oxygen atoms in total. The van der Waals surface area contributed by atoms with Crippen molar-refractivity contribution in [3.63, 3.8) is 0 Å². The van der Waals surface area contributed by atoms with Crippen LogP contribution in [0.5, 0.6) is 0 Å². The van der Waals surface area contributed by atoms with Crippen LogP contribution < -0.4 is 11.5 Å². The molecule has 0 saturated heterocycles. The molecular weight excluding hydrogens is 374 g/mol. The Balaban J connectivity index is 0.000000185. The molecule has 136 valence electrons. The average molecular weight is 393 g/mol. The van der Waals surface area contributed by atoms with Crippen molar-refractivity contribution in [2.75, 3.05) is 11.5 Å². The predicted molar refractivity (Wildman–Crippen MR) is 105 cm³/mol. The SMILES string of the molecule is Cc1cc(N)c[nH]c1=S.Nc1nc(-c2ccc(F)c(F)c2)c(C2CC2)s1. The number of nitrogen functional groups attached to an aromatic ring is 2. The number of aromatic amines is 1. The van der Waals surface area contributed by atoms with Gasteiger partial charge in [-0.05, 0) is 55.5 Å². The summed E-state index contributed by atoms with van der Waals surface area (Å²) >= 11 is 6.34. The van der Waals surface area contributed by atoms with Crippen molar-refractivity contribution >= 4 is 34.4 Å². The lowest BCUT2D eigenvalue weighted by Crippen LogP contribution is -1.89. The third kappa shape index (κ3) is 4.25. The van der Waals surface area contributed by atoms with Gasteiger partial charge in [0.2, 0.25) is 0 Å². The summed E-state index contributed by atoms with van der Waals surface area (Å²) in [4.78, 5) is 8.17. The minimum atomic E-state index is -0.851. The van der Waals surface area contributed by atoms with Crippen molar-refractivity contribution in [1.82, 2.24) is 9.97 Å². The first kappa shape index (κ1) is 18.5. The summed E-state index contributed by atoms with van der Waals surface area (Å²) in [6.07, 6.45) is 3.94. The van der Waals surface area contributed by atoms with Crippen LogP contribution in [-0.2, 0) is 0 Å². The van der Waals surface area contributed by atoms with Gasteiger partial charge < -0.3 is 16.5 Å². The number of aryl methyl sites for hydroxylation is 1. The number of nitrogens with one attached hydrogen (secondary N) is 1. The van der Waals surface area contributed by atoms with Crippen LogP contribution in [0.4, 0.5) is 19.6 Å². The molecule has 2 aromatic heterocycles. The molecule has 0 amide bonds. The summed E-state index contributed by atoms with van der Waals surface area (Å²) in [6, 6.07) is 5.68. The van der Waals surface area contributed by atoms with Crippen molar-refractivity contribution in [2.45, 2.75) is 25.7 Å².